The fourth-order valence-electron chi connectivity index (χ4n) is 3.03. The lowest BCUT2D eigenvalue weighted by Gasteiger charge is -2.29. The van der Waals surface area contributed by atoms with Crippen LogP contribution in [-0.4, -0.2) is 32.9 Å². The second-order valence-electron chi connectivity index (χ2n) is 6.18. The number of methoxy groups -OCH3 is 1. The van der Waals surface area contributed by atoms with E-state index in [1.807, 2.05) is 24.0 Å². The molecule has 0 atom stereocenters. The van der Waals surface area contributed by atoms with Gasteiger partial charge in [0.2, 0.25) is 5.91 Å². The highest BCUT2D eigenvalue weighted by molar-refractivity contribution is 7.92. The summed E-state index contributed by atoms with van der Waals surface area (Å²) in [7, 11) is -2.16. The Kier molecular flexibility index (Phi) is 5.18. The van der Waals surface area contributed by atoms with Crippen molar-refractivity contribution in [3.63, 3.8) is 0 Å². The second-order valence-corrected chi connectivity index (χ2v) is 7.87. The zero-order valence-electron chi connectivity index (χ0n) is 14.9. The predicted molar refractivity (Wildman–Crippen MR) is 99.7 cm³/mol. The first-order valence-electron chi connectivity index (χ1n) is 8.49. The van der Waals surface area contributed by atoms with Gasteiger partial charge in [-0.05, 0) is 53.9 Å². The molecule has 7 heteroatoms. The van der Waals surface area contributed by atoms with Crippen molar-refractivity contribution in [1.82, 2.24) is 4.90 Å². The summed E-state index contributed by atoms with van der Waals surface area (Å²) in [5.41, 5.74) is 2.62. The van der Waals surface area contributed by atoms with Crippen LogP contribution in [0.15, 0.2) is 47.4 Å². The maximum atomic E-state index is 12.6. The van der Waals surface area contributed by atoms with Crippen LogP contribution >= 0.6 is 0 Å². The average Bonchev–Trinajstić information content (AvgIpc) is 2.66. The summed E-state index contributed by atoms with van der Waals surface area (Å²) in [6.45, 7) is 3.06. The number of nitrogens with zero attached hydrogens (tertiary/aromatic N) is 1. The second kappa shape index (κ2) is 7.37. The van der Waals surface area contributed by atoms with Crippen LogP contribution in [0.3, 0.4) is 0 Å². The van der Waals surface area contributed by atoms with Gasteiger partial charge in [-0.2, -0.15) is 0 Å². The van der Waals surface area contributed by atoms with Crippen molar-refractivity contribution in [2.24, 2.45) is 0 Å². The highest BCUT2D eigenvalue weighted by atomic mass is 32.2. The van der Waals surface area contributed by atoms with Gasteiger partial charge in [0, 0.05) is 25.2 Å². The highest BCUT2D eigenvalue weighted by Gasteiger charge is 2.21. The predicted octanol–water partition coefficient (Wildman–Crippen LogP) is 2.79. The zero-order chi connectivity index (χ0) is 18.7. The fraction of sp³-hybridized carbons (Fsp3) is 0.316. The Morgan fingerprint density at radius 1 is 1.15 bits per heavy atom. The molecule has 138 valence electrons. The minimum absolute atomic E-state index is 0.111. The molecule has 1 N–H and O–H groups in total. The van der Waals surface area contributed by atoms with Crippen LogP contribution < -0.4 is 9.46 Å². The van der Waals surface area contributed by atoms with E-state index < -0.39 is 10.0 Å². The third-order valence-electron chi connectivity index (χ3n) is 4.50. The first-order chi connectivity index (χ1) is 12.4. The Balaban J connectivity index is 1.81. The Labute approximate surface area is 153 Å². The summed E-state index contributed by atoms with van der Waals surface area (Å²) >= 11 is 0. The van der Waals surface area contributed by atoms with Crippen LogP contribution in [0.1, 0.15) is 24.5 Å². The molecule has 2 aromatic rings. The molecule has 0 saturated carbocycles. The van der Waals surface area contributed by atoms with E-state index in [1.165, 1.54) is 19.2 Å². The highest BCUT2D eigenvalue weighted by Crippen LogP contribution is 2.25. The molecule has 0 spiro atoms. The van der Waals surface area contributed by atoms with E-state index in [0.29, 0.717) is 30.9 Å². The van der Waals surface area contributed by atoms with Gasteiger partial charge in [-0.25, -0.2) is 8.42 Å². The average molecular weight is 374 g/mol. The normalized spacial score (nSPS) is 13.8. The number of carbonyl (C=O) groups excluding carboxylic acids is 1. The Morgan fingerprint density at radius 2 is 1.88 bits per heavy atom. The number of hydrogen-bond acceptors (Lipinski definition) is 4. The number of benzene rings is 2. The fourth-order valence-corrected chi connectivity index (χ4v) is 4.08. The quantitative estimate of drug-likeness (QED) is 0.873. The third-order valence-corrected chi connectivity index (χ3v) is 5.89. The van der Waals surface area contributed by atoms with Crippen molar-refractivity contribution < 1.29 is 17.9 Å². The standard InChI is InChI=1S/C19H22N2O4S/c1-3-19(22)21-11-10-14-4-5-16(12-15(14)13-21)20-26(23,24)18-8-6-17(25-2)7-9-18/h4-9,12,20H,3,10-11,13H2,1-2H3. The lowest BCUT2D eigenvalue weighted by molar-refractivity contribution is -0.131. The largest absolute Gasteiger partial charge is 0.497 e. The molecule has 6 nitrogen and oxygen atoms in total. The molecule has 0 fully saturated rings. The topological polar surface area (TPSA) is 75.7 Å². The van der Waals surface area contributed by atoms with Crippen molar-refractivity contribution >= 4 is 21.6 Å². The number of rotatable bonds is 5. The molecule has 0 bridgehead atoms. The summed E-state index contributed by atoms with van der Waals surface area (Å²) in [6.07, 6.45) is 1.26. The summed E-state index contributed by atoms with van der Waals surface area (Å²) in [6, 6.07) is 11.7. The number of carbonyl (C=O) groups is 1. The number of amides is 1. The molecule has 1 amide bonds. The molecular weight excluding hydrogens is 352 g/mol. The molecule has 0 unspecified atom stereocenters. The molecule has 1 aliphatic rings. The van der Waals surface area contributed by atoms with Gasteiger partial charge in [0.05, 0.1) is 12.0 Å². The number of sulfonamides is 1. The van der Waals surface area contributed by atoms with Gasteiger partial charge in [0.15, 0.2) is 0 Å². The van der Waals surface area contributed by atoms with E-state index in [2.05, 4.69) is 4.72 Å². The van der Waals surface area contributed by atoms with Crippen LogP contribution in [0, 0.1) is 0 Å². The summed E-state index contributed by atoms with van der Waals surface area (Å²) in [4.78, 5) is 13.9. The molecule has 2 aromatic carbocycles. The third kappa shape index (κ3) is 3.83. The van der Waals surface area contributed by atoms with Crippen LogP contribution in [0.2, 0.25) is 0 Å². The number of nitrogens with one attached hydrogen (secondary N) is 1. The van der Waals surface area contributed by atoms with Gasteiger partial charge < -0.3 is 9.64 Å². The first-order valence-corrected chi connectivity index (χ1v) is 9.97. The lowest BCUT2D eigenvalue weighted by atomic mass is 9.99. The molecule has 0 radical (unpaired) electrons. The molecule has 0 aromatic heterocycles. The maximum absolute atomic E-state index is 12.6. The molecule has 1 aliphatic heterocycles. The van der Waals surface area contributed by atoms with Crippen molar-refractivity contribution in [2.75, 3.05) is 18.4 Å². The molecule has 1 heterocycles. The number of anilines is 1. The van der Waals surface area contributed by atoms with E-state index in [9.17, 15) is 13.2 Å². The van der Waals surface area contributed by atoms with Gasteiger partial charge in [-0.3, -0.25) is 9.52 Å². The summed E-state index contributed by atoms with van der Waals surface area (Å²) < 4.78 is 32.8. The monoisotopic (exact) mass is 374 g/mol. The van der Waals surface area contributed by atoms with Gasteiger partial charge in [0.1, 0.15) is 5.75 Å². The van der Waals surface area contributed by atoms with Crippen molar-refractivity contribution in [1.29, 1.82) is 0 Å². The van der Waals surface area contributed by atoms with Crippen LogP contribution in [0.4, 0.5) is 5.69 Å². The minimum atomic E-state index is -3.69. The maximum Gasteiger partial charge on any atom is 0.261 e. The summed E-state index contributed by atoms with van der Waals surface area (Å²) in [5.74, 6) is 0.707. The number of fused-ring (bicyclic) bond motifs is 1. The van der Waals surface area contributed by atoms with E-state index >= 15 is 0 Å². The number of hydrogen-bond donors (Lipinski definition) is 1. The van der Waals surface area contributed by atoms with Crippen LogP contribution in [-0.2, 0) is 27.8 Å². The van der Waals surface area contributed by atoms with Crippen molar-refractivity contribution in [3.8, 4) is 5.75 Å². The number of ether oxygens (including phenoxy) is 1. The Hall–Kier alpha value is -2.54. The van der Waals surface area contributed by atoms with Crippen LogP contribution in [0.5, 0.6) is 5.75 Å². The van der Waals surface area contributed by atoms with Gasteiger partial charge in [-0.15, -0.1) is 0 Å². The van der Waals surface area contributed by atoms with Crippen molar-refractivity contribution in [3.05, 3.63) is 53.6 Å². The molecule has 3 rings (SSSR count). The van der Waals surface area contributed by atoms with E-state index in [1.54, 1.807) is 18.2 Å². The zero-order valence-corrected chi connectivity index (χ0v) is 15.7. The lowest BCUT2D eigenvalue weighted by Crippen LogP contribution is -2.35. The Morgan fingerprint density at radius 3 is 2.54 bits per heavy atom. The first kappa shape index (κ1) is 18.3. The minimum Gasteiger partial charge on any atom is -0.497 e. The SMILES string of the molecule is CCC(=O)N1CCc2ccc(NS(=O)(=O)c3ccc(OC)cc3)cc2C1. The van der Waals surface area contributed by atoms with E-state index in [4.69, 9.17) is 4.74 Å². The molecule has 0 saturated heterocycles. The smallest absolute Gasteiger partial charge is 0.261 e. The molecule has 26 heavy (non-hydrogen) atoms. The van der Waals surface area contributed by atoms with Crippen LogP contribution in [0.25, 0.3) is 0 Å². The van der Waals surface area contributed by atoms with Gasteiger partial charge in [0.25, 0.3) is 10.0 Å². The Bertz CT molecular complexity index is 908. The van der Waals surface area contributed by atoms with E-state index in [0.717, 1.165) is 17.5 Å². The van der Waals surface area contributed by atoms with Crippen molar-refractivity contribution in [2.45, 2.75) is 31.2 Å². The molecular formula is C19H22N2O4S. The van der Waals surface area contributed by atoms with E-state index in [-0.39, 0.29) is 10.8 Å². The molecule has 0 aliphatic carbocycles. The summed E-state index contributed by atoms with van der Waals surface area (Å²) in [5, 5.41) is 0. The van der Waals surface area contributed by atoms with Gasteiger partial charge >= 0.3 is 0 Å². The van der Waals surface area contributed by atoms with Gasteiger partial charge in [-0.1, -0.05) is 13.0 Å².